The molecule has 2 N–H and O–H groups in total. The molecule has 0 aromatic heterocycles. The van der Waals surface area contributed by atoms with Gasteiger partial charge >= 0.3 is 0 Å². The van der Waals surface area contributed by atoms with Crippen LogP contribution in [0.15, 0.2) is 24.3 Å². The molecule has 2 rings (SSSR count). The number of nitrogens with one attached hydrogen (secondary N) is 2. The molecule has 1 aliphatic rings. The van der Waals surface area contributed by atoms with E-state index in [-0.39, 0.29) is 24.0 Å². The molecular weight excluding hydrogens is 264 g/mol. The van der Waals surface area contributed by atoms with Gasteiger partial charge in [-0.2, -0.15) is 0 Å². The topological polar surface area (TPSA) is 50.4 Å². The summed E-state index contributed by atoms with van der Waals surface area (Å²) in [4.78, 5) is 12.0. The molecule has 0 radical (unpaired) electrons. The number of amides is 1. The zero-order chi connectivity index (χ0) is 15.3. The van der Waals surface area contributed by atoms with Gasteiger partial charge in [-0.05, 0) is 36.4 Å². The summed E-state index contributed by atoms with van der Waals surface area (Å²) >= 11 is 0. The van der Waals surface area contributed by atoms with Crippen LogP contribution in [0.2, 0.25) is 0 Å². The van der Waals surface area contributed by atoms with Crippen molar-refractivity contribution in [1.82, 2.24) is 10.6 Å². The van der Waals surface area contributed by atoms with Gasteiger partial charge in [0.15, 0.2) is 6.61 Å². The van der Waals surface area contributed by atoms with E-state index in [2.05, 4.69) is 37.5 Å². The number of piperidine rings is 1. The first-order chi connectivity index (χ1) is 9.97. The van der Waals surface area contributed by atoms with E-state index in [4.69, 9.17) is 4.74 Å². The number of rotatable bonds is 4. The van der Waals surface area contributed by atoms with E-state index >= 15 is 0 Å². The monoisotopic (exact) mass is 290 g/mol. The van der Waals surface area contributed by atoms with Crippen molar-refractivity contribution in [3.05, 3.63) is 29.8 Å². The summed E-state index contributed by atoms with van der Waals surface area (Å²) < 4.78 is 5.73. The second kappa shape index (κ2) is 6.94. The zero-order valence-corrected chi connectivity index (χ0v) is 13.2. The average molecular weight is 290 g/mol. The first-order valence-electron chi connectivity index (χ1n) is 7.69. The van der Waals surface area contributed by atoms with Gasteiger partial charge < -0.3 is 15.4 Å². The fraction of sp³-hybridized carbons (Fsp3) is 0.588. The van der Waals surface area contributed by atoms with Crippen molar-refractivity contribution in [1.29, 1.82) is 0 Å². The fourth-order valence-corrected chi connectivity index (χ4v) is 2.60. The normalized spacial score (nSPS) is 19.1. The van der Waals surface area contributed by atoms with Crippen molar-refractivity contribution in [2.75, 3.05) is 19.7 Å². The van der Waals surface area contributed by atoms with Gasteiger partial charge in [-0.15, -0.1) is 0 Å². The molecule has 1 aromatic carbocycles. The lowest BCUT2D eigenvalue weighted by molar-refractivity contribution is -0.123. The second-order valence-corrected chi connectivity index (χ2v) is 6.65. The van der Waals surface area contributed by atoms with Crippen molar-refractivity contribution in [2.24, 2.45) is 0 Å². The Morgan fingerprint density at radius 1 is 1.38 bits per heavy atom. The molecule has 1 unspecified atom stereocenters. The van der Waals surface area contributed by atoms with Gasteiger partial charge in [-0.25, -0.2) is 0 Å². The quantitative estimate of drug-likeness (QED) is 0.894. The Morgan fingerprint density at radius 3 is 2.81 bits per heavy atom. The highest BCUT2D eigenvalue weighted by Gasteiger charge is 2.20. The number of benzene rings is 1. The molecule has 116 valence electrons. The number of hydrogen-bond donors (Lipinski definition) is 2. The number of carbonyl (C=O) groups excluding carboxylic acids is 1. The highest BCUT2D eigenvalue weighted by atomic mass is 16.5. The number of carbonyl (C=O) groups is 1. The minimum atomic E-state index is -0.0487. The summed E-state index contributed by atoms with van der Waals surface area (Å²) in [6.45, 7) is 8.39. The highest BCUT2D eigenvalue weighted by molar-refractivity contribution is 5.77. The van der Waals surface area contributed by atoms with E-state index in [1.54, 1.807) is 0 Å². The van der Waals surface area contributed by atoms with Crippen molar-refractivity contribution in [3.8, 4) is 5.75 Å². The zero-order valence-electron chi connectivity index (χ0n) is 13.2. The van der Waals surface area contributed by atoms with Crippen LogP contribution in [-0.4, -0.2) is 31.6 Å². The van der Waals surface area contributed by atoms with Crippen molar-refractivity contribution in [2.45, 2.75) is 45.1 Å². The molecular formula is C17H26N2O2. The second-order valence-electron chi connectivity index (χ2n) is 6.65. The molecule has 0 spiro atoms. The van der Waals surface area contributed by atoms with Gasteiger partial charge in [-0.1, -0.05) is 39.0 Å². The SMILES string of the molecule is CC(C)(C)c1ccccc1OCC(=O)NC1CCCNC1. The van der Waals surface area contributed by atoms with Crippen LogP contribution < -0.4 is 15.4 Å². The third-order valence-electron chi connectivity index (χ3n) is 3.72. The number of ether oxygens (including phenoxy) is 1. The van der Waals surface area contributed by atoms with Gasteiger partial charge in [0.25, 0.3) is 5.91 Å². The van der Waals surface area contributed by atoms with E-state index < -0.39 is 0 Å². The Kier molecular flexibility index (Phi) is 5.23. The van der Waals surface area contributed by atoms with E-state index in [9.17, 15) is 4.79 Å². The van der Waals surface area contributed by atoms with E-state index in [1.807, 2.05) is 18.2 Å². The van der Waals surface area contributed by atoms with Crippen LogP contribution in [0.25, 0.3) is 0 Å². The third kappa shape index (κ3) is 4.74. The molecule has 0 aliphatic carbocycles. The summed E-state index contributed by atoms with van der Waals surface area (Å²) in [7, 11) is 0. The van der Waals surface area contributed by atoms with Crippen molar-refractivity contribution < 1.29 is 9.53 Å². The van der Waals surface area contributed by atoms with Gasteiger partial charge in [0, 0.05) is 12.6 Å². The molecule has 0 saturated carbocycles. The first-order valence-corrected chi connectivity index (χ1v) is 7.69. The third-order valence-corrected chi connectivity index (χ3v) is 3.72. The Morgan fingerprint density at radius 2 is 2.14 bits per heavy atom. The largest absolute Gasteiger partial charge is 0.483 e. The predicted molar refractivity (Wildman–Crippen MR) is 84.7 cm³/mol. The van der Waals surface area contributed by atoms with Gasteiger partial charge in [0.05, 0.1) is 0 Å². The summed E-state index contributed by atoms with van der Waals surface area (Å²) in [6, 6.07) is 8.15. The van der Waals surface area contributed by atoms with E-state index in [1.165, 1.54) is 0 Å². The van der Waals surface area contributed by atoms with Crippen LogP contribution in [0.1, 0.15) is 39.2 Å². The molecule has 21 heavy (non-hydrogen) atoms. The lowest BCUT2D eigenvalue weighted by Gasteiger charge is -2.25. The molecule has 4 nitrogen and oxygen atoms in total. The smallest absolute Gasteiger partial charge is 0.258 e. The molecule has 0 bridgehead atoms. The van der Waals surface area contributed by atoms with Gasteiger partial charge in [0.2, 0.25) is 0 Å². The summed E-state index contributed by atoms with van der Waals surface area (Å²) in [6.07, 6.45) is 2.15. The standard InChI is InChI=1S/C17H26N2O2/c1-17(2,3)14-8-4-5-9-15(14)21-12-16(20)19-13-7-6-10-18-11-13/h4-5,8-9,13,18H,6-7,10-12H2,1-3H3,(H,19,20). The predicted octanol–water partition coefficient (Wildman–Crippen LogP) is 2.23. The maximum atomic E-state index is 12.0. The summed E-state index contributed by atoms with van der Waals surface area (Å²) in [5.41, 5.74) is 1.12. The first kappa shape index (κ1) is 15.8. The average Bonchev–Trinajstić information content (AvgIpc) is 2.45. The Balaban J connectivity index is 1.89. The van der Waals surface area contributed by atoms with Crippen molar-refractivity contribution in [3.63, 3.8) is 0 Å². The number of para-hydroxylation sites is 1. The van der Waals surface area contributed by atoms with E-state index in [0.29, 0.717) is 0 Å². The van der Waals surface area contributed by atoms with Gasteiger partial charge in [-0.3, -0.25) is 4.79 Å². The van der Waals surface area contributed by atoms with E-state index in [0.717, 1.165) is 37.2 Å². The fourth-order valence-electron chi connectivity index (χ4n) is 2.60. The molecule has 1 saturated heterocycles. The van der Waals surface area contributed by atoms with Crippen LogP contribution in [-0.2, 0) is 10.2 Å². The minimum absolute atomic E-state index is 0.000356. The Hall–Kier alpha value is -1.55. The molecule has 1 fully saturated rings. The summed E-state index contributed by atoms with van der Waals surface area (Å²) in [5.74, 6) is 0.745. The van der Waals surface area contributed by atoms with Crippen LogP contribution in [0.5, 0.6) is 5.75 Å². The van der Waals surface area contributed by atoms with Gasteiger partial charge in [0.1, 0.15) is 5.75 Å². The molecule has 1 aliphatic heterocycles. The summed E-state index contributed by atoms with van der Waals surface area (Å²) in [5, 5.41) is 6.31. The number of hydrogen-bond acceptors (Lipinski definition) is 3. The van der Waals surface area contributed by atoms with Crippen molar-refractivity contribution >= 4 is 5.91 Å². The Labute approximate surface area is 127 Å². The lowest BCUT2D eigenvalue weighted by Crippen LogP contribution is -2.47. The molecule has 4 heteroatoms. The maximum Gasteiger partial charge on any atom is 0.258 e. The molecule has 1 aromatic rings. The molecule has 1 amide bonds. The highest BCUT2D eigenvalue weighted by Crippen LogP contribution is 2.30. The molecule has 1 heterocycles. The minimum Gasteiger partial charge on any atom is -0.483 e. The van der Waals surface area contributed by atoms with Crippen LogP contribution >= 0.6 is 0 Å². The Bertz CT molecular complexity index is 474. The van der Waals surface area contributed by atoms with Crippen LogP contribution in [0.4, 0.5) is 0 Å². The maximum absolute atomic E-state index is 12.0. The van der Waals surface area contributed by atoms with Crippen LogP contribution in [0, 0.1) is 0 Å². The molecule has 1 atom stereocenters. The van der Waals surface area contributed by atoms with Crippen LogP contribution in [0.3, 0.4) is 0 Å². The lowest BCUT2D eigenvalue weighted by atomic mass is 9.86.